The lowest BCUT2D eigenvalue weighted by Crippen LogP contribution is -2.19. The predicted molar refractivity (Wildman–Crippen MR) is 83.3 cm³/mol. The van der Waals surface area contributed by atoms with Crippen molar-refractivity contribution in [2.24, 2.45) is 5.10 Å². The summed E-state index contributed by atoms with van der Waals surface area (Å²) in [6, 6.07) is 10.5. The number of rotatable bonds is 7. The summed E-state index contributed by atoms with van der Waals surface area (Å²) in [5.74, 6) is -0.750. The number of hydrogen-bond donors (Lipinski definition) is 2. The first-order valence-corrected chi connectivity index (χ1v) is 7.30. The predicted octanol–water partition coefficient (Wildman–Crippen LogP) is 1.90. The van der Waals surface area contributed by atoms with Gasteiger partial charge in [-0.2, -0.15) is 5.10 Å². The van der Waals surface area contributed by atoms with Crippen molar-refractivity contribution in [2.45, 2.75) is 6.42 Å². The first-order chi connectivity index (χ1) is 10.6. The molecule has 7 heteroatoms. The Morgan fingerprint density at radius 2 is 2.05 bits per heavy atom. The zero-order chi connectivity index (χ0) is 15.8. The highest BCUT2D eigenvalue weighted by molar-refractivity contribution is 7.10. The van der Waals surface area contributed by atoms with Crippen LogP contribution in [-0.2, 0) is 16.0 Å². The van der Waals surface area contributed by atoms with Crippen LogP contribution in [0.5, 0.6) is 5.75 Å². The van der Waals surface area contributed by atoms with Crippen LogP contribution in [0.2, 0.25) is 0 Å². The van der Waals surface area contributed by atoms with Gasteiger partial charge in [0.1, 0.15) is 5.75 Å². The molecule has 1 aromatic carbocycles. The maximum absolute atomic E-state index is 11.6. The van der Waals surface area contributed by atoms with E-state index in [2.05, 4.69) is 10.5 Å². The summed E-state index contributed by atoms with van der Waals surface area (Å²) in [7, 11) is 0. The molecule has 22 heavy (non-hydrogen) atoms. The van der Waals surface area contributed by atoms with Crippen molar-refractivity contribution >= 4 is 29.4 Å². The Hall–Kier alpha value is -2.67. The van der Waals surface area contributed by atoms with Crippen molar-refractivity contribution in [2.75, 3.05) is 6.61 Å². The maximum Gasteiger partial charge on any atom is 0.341 e. The number of carbonyl (C=O) groups excluding carboxylic acids is 1. The van der Waals surface area contributed by atoms with Gasteiger partial charge in [-0.1, -0.05) is 6.07 Å². The summed E-state index contributed by atoms with van der Waals surface area (Å²) >= 11 is 1.52. The topological polar surface area (TPSA) is 88.0 Å². The molecule has 114 valence electrons. The van der Waals surface area contributed by atoms with E-state index in [9.17, 15) is 9.59 Å². The zero-order valence-corrected chi connectivity index (χ0v) is 12.4. The molecule has 1 heterocycles. The minimum Gasteiger partial charge on any atom is -0.482 e. The third-order valence-electron chi connectivity index (χ3n) is 2.56. The summed E-state index contributed by atoms with van der Waals surface area (Å²) in [6.07, 6.45) is 1.81. The quantitative estimate of drug-likeness (QED) is 0.603. The van der Waals surface area contributed by atoms with Gasteiger partial charge in [-0.15, -0.1) is 11.3 Å². The smallest absolute Gasteiger partial charge is 0.341 e. The Balaban J connectivity index is 1.80. The Morgan fingerprint density at radius 3 is 2.68 bits per heavy atom. The maximum atomic E-state index is 11.6. The Morgan fingerprint density at radius 1 is 1.27 bits per heavy atom. The molecule has 1 aromatic heterocycles. The van der Waals surface area contributed by atoms with Crippen LogP contribution in [-0.4, -0.2) is 29.8 Å². The van der Waals surface area contributed by atoms with Gasteiger partial charge >= 0.3 is 5.97 Å². The SMILES string of the molecule is O=C(O)COc1ccc(/C=N/NC(=O)Cc2cccs2)cc1. The van der Waals surface area contributed by atoms with Crippen LogP contribution < -0.4 is 10.2 Å². The van der Waals surface area contributed by atoms with Crippen LogP contribution in [0.25, 0.3) is 0 Å². The van der Waals surface area contributed by atoms with Crippen molar-refractivity contribution < 1.29 is 19.4 Å². The largest absolute Gasteiger partial charge is 0.482 e. The molecule has 0 radical (unpaired) electrons. The standard InChI is InChI=1S/C15H14N2O4S/c18-14(8-13-2-1-7-22-13)17-16-9-11-3-5-12(6-4-11)21-10-15(19)20/h1-7,9H,8,10H2,(H,17,18)(H,19,20)/b16-9+. The van der Waals surface area contributed by atoms with E-state index in [4.69, 9.17) is 9.84 Å². The number of thiophene rings is 1. The van der Waals surface area contributed by atoms with E-state index in [-0.39, 0.29) is 12.5 Å². The minimum atomic E-state index is -1.03. The van der Waals surface area contributed by atoms with Gasteiger partial charge in [-0.25, -0.2) is 10.2 Å². The van der Waals surface area contributed by atoms with Gasteiger partial charge in [0.25, 0.3) is 0 Å². The Bertz CT molecular complexity index is 651. The number of ether oxygens (including phenoxy) is 1. The lowest BCUT2D eigenvalue weighted by Gasteiger charge is -2.02. The number of nitrogens with zero attached hydrogens (tertiary/aromatic N) is 1. The molecule has 0 spiro atoms. The second kappa shape index (κ2) is 7.94. The van der Waals surface area contributed by atoms with Gasteiger partial charge in [-0.05, 0) is 41.3 Å². The van der Waals surface area contributed by atoms with E-state index in [1.807, 2.05) is 17.5 Å². The van der Waals surface area contributed by atoms with Crippen molar-refractivity contribution in [3.8, 4) is 5.75 Å². The highest BCUT2D eigenvalue weighted by Gasteiger charge is 2.02. The van der Waals surface area contributed by atoms with E-state index in [1.54, 1.807) is 24.3 Å². The number of amides is 1. The molecule has 0 saturated heterocycles. The molecule has 0 aliphatic rings. The number of nitrogens with one attached hydrogen (secondary N) is 1. The molecular weight excluding hydrogens is 304 g/mol. The summed E-state index contributed by atoms with van der Waals surface area (Å²) in [6.45, 7) is -0.383. The van der Waals surface area contributed by atoms with Gasteiger partial charge in [0, 0.05) is 4.88 Å². The fourth-order valence-corrected chi connectivity index (χ4v) is 2.29. The first kappa shape index (κ1) is 15.7. The summed E-state index contributed by atoms with van der Waals surface area (Å²) in [5.41, 5.74) is 3.22. The normalized spacial score (nSPS) is 10.5. The number of hydrazone groups is 1. The van der Waals surface area contributed by atoms with E-state index < -0.39 is 5.97 Å². The van der Waals surface area contributed by atoms with Crippen molar-refractivity contribution in [3.63, 3.8) is 0 Å². The van der Waals surface area contributed by atoms with Gasteiger partial charge in [-0.3, -0.25) is 4.79 Å². The van der Waals surface area contributed by atoms with E-state index in [0.29, 0.717) is 12.2 Å². The number of carboxylic acid groups (broad SMARTS) is 1. The summed E-state index contributed by atoms with van der Waals surface area (Å²) in [5, 5.41) is 14.3. The van der Waals surface area contributed by atoms with E-state index in [0.717, 1.165) is 10.4 Å². The third kappa shape index (κ3) is 5.37. The van der Waals surface area contributed by atoms with E-state index in [1.165, 1.54) is 17.6 Å². The summed E-state index contributed by atoms with van der Waals surface area (Å²) < 4.78 is 5.01. The molecule has 0 bridgehead atoms. The molecule has 0 aliphatic carbocycles. The molecule has 0 atom stereocenters. The van der Waals surface area contributed by atoms with Crippen molar-refractivity contribution in [3.05, 3.63) is 52.2 Å². The van der Waals surface area contributed by atoms with Gasteiger partial charge in [0.05, 0.1) is 12.6 Å². The molecule has 2 N–H and O–H groups in total. The highest BCUT2D eigenvalue weighted by Crippen LogP contribution is 2.11. The number of benzene rings is 1. The molecule has 1 amide bonds. The fourth-order valence-electron chi connectivity index (χ4n) is 1.58. The molecular formula is C15H14N2O4S. The number of carbonyl (C=O) groups is 2. The average Bonchev–Trinajstić information content (AvgIpc) is 2.99. The minimum absolute atomic E-state index is 0.180. The third-order valence-corrected chi connectivity index (χ3v) is 3.44. The molecule has 6 nitrogen and oxygen atoms in total. The highest BCUT2D eigenvalue weighted by atomic mass is 32.1. The molecule has 0 saturated carbocycles. The second-order valence-electron chi connectivity index (χ2n) is 4.30. The fraction of sp³-hybridized carbons (Fsp3) is 0.133. The lowest BCUT2D eigenvalue weighted by molar-refractivity contribution is -0.139. The number of aliphatic carboxylic acids is 1. The Labute approximate surface area is 131 Å². The summed E-state index contributed by atoms with van der Waals surface area (Å²) in [4.78, 5) is 23.0. The van der Waals surface area contributed by atoms with Crippen LogP contribution in [0.1, 0.15) is 10.4 Å². The van der Waals surface area contributed by atoms with Crippen LogP contribution in [0, 0.1) is 0 Å². The van der Waals surface area contributed by atoms with E-state index >= 15 is 0 Å². The first-order valence-electron chi connectivity index (χ1n) is 6.42. The van der Waals surface area contributed by atoms with Gasteiger partial charge in [0.15, 0.2) is 6.61 Å². The average molecular weight is 318 g/mol. The van der Waals surface area contributed by atoms with Gasteiger partial charge < -0.3 is 9.84 Å². The second-order valence-corrected chi connectivity index (χ2v) is 5.33. The number of hydrogen-bond acceptors (Lipinski definition) is 5. The molecule has 0 unspecified atom stereocenters. The zero-order valence-electron chi connectivity index (χ0n) is 11.6. The monoisotopic (exact) mass is 318 g/mol. The number of carboxylic acids is 1. The van der Waals surface area contributed by atoms with Crippen molar-refractivity contribution in [1.82, 2.24) is 5.43 Å². The molecule has 2 aromatic rings. The lowest BCUT2D eigenvalue weighted by atomic mass is 10.2. The van der Waals surface area contributed by atoms with Crippen molar-refractivity contribution in [1.29, 1.82) is 0 Å². The van der Waals surface area contributed by atoms with Crippen LogP contribution in [0.4, 0.5) is 0 Å². The molecule has 2 rings (SSSR count). The molecule has 0 aliphatic heterocycles. The van der Waals surface area contributed by atoms with Crippen LogP contribution in [0.15, 0.2) is 46.9 Å². The Kier molecular flexibility index (Phi) is 5.67. The van der Waals surface area contributed by atoms with Crippen LogP contribution in [0.3, 0.4) is 0 Å². The van der Waals surface area contributed by atoms with Crippen LogP contribution >= 0.6 is 11.3 Å². The molecule has 0 fully saturated rings. The van der Waals surface area contributed by atoms with Gasteiger partial charge in [0.2, 0.25) is 5.91 Å².